The van der Waals surface area contributed by atoms with Crippen molar-refractivity contribution in [2.45, 2.75) is 13.3 Å². The van der Waals surface area contributed by atoms with Gasteiger partial charge in [-0.25, -0.2) is 4.79 Å². The van der Waals surface area contributed by atoms with Gasteiger partial charge in [-0.15, -0.1) is 0 Å². The Bertz CT molecular complexity index is 550. The van der Waals surface area contributed by atoms with E-state index in [4.69, 9.17) is 21.1 Å². The smallest absolute Gasteiger partial charge is 0.333 e. The predicted molar refractivity (Wildman–Crippen MR) is 72.9 cm³/mol. The third-order valence-electron chi connectivity index (χ3n) is 2.22. The number of esters is 2. The van der Waals surface area contributed by atoms with Gasteiger partial charge in [0.15, 0.2) is 6.29 Å². The maximum atomic E-state index is 11.5. The molecule has 0 atom stereocenters. The van der Waals surface area contributed by atoms with Gasteiger partial charge in [-0.3, -0.25) is 9.59 Å². The summed E-state index contributed by atoms with van der Waals surface area (Å²) in [5.74, 6) is -0.914. The molecule has 0 saturated heterocycles. The van der Waals surface area contributed by atoms with Crippen LogP contribution >= 0.6 is 11.6 Å². The summed E-state index contributed by atoms with van der Waals surface area (Å²) in [5, 5.41) is 0.194. The summed E-state index contributed by atoms with van der Waals surface area (Å²) in [5.41, 5.74) is 0.566. The highest BCUT2D eigenvalue weighted by molar-refractivity contribution is 6.33. The summed E-state index contributed by atoms with van der Waals surface area (Å²) in [4.78, 5) is 33.1. The van der Waals surface area contributed by atoms with Gasteiger partial charge in [0.25, 0.3) is 0 Å². The predicted octanol–water partition coefficient (Wildman–Crippen LogP) is 2.57. The van der Waals surface area contributed by atoms with E-state index in [1.54, 1.807) is 0 Å². The van der Waals surface area contributed by atoms with E-state index in [0.717, 1.165) is 0 Å². The Balaban J connectivity index is 2.46. The standard InChI is InChI=1S/C14H13ClO5/c1-9(2)14(18)19-6-5-13(17)20-11-4-3-10(8-16)12(15)7-11/h3-4,7-8H,1,5-6H2,2H3. The molecule has 0 bridgehead atoms. The number of carbonyl (C=O) groups is 3. The van der Waals surface area contributed by atoms with Crippen molar-refractivity contribution in [3.8, 4) is 5.75 Å². The van der Waals surface area contributed by atoms with Crippen molar-refractivity contribution in [1.29, 1.82) is 0 Å². The summed E-state index contributed by atoms with van der Waals surface area (Å²) in [6, 6.07) is 4.26. The number of hydrogen-bond donors (Lipinski definition) is 0. The van der Waals surface area contributed by atoms with Crippen LogP contribution in [0.25, 0.3) is 0 Å². The zero-order valence-electron chi connectivity index (χ0n) is 10.8. The van der Waals surface area contributed by atoms with E-state index in [1.165, 1.54) is 25.1 Å². The van der Waals surface area contributed by atoms with Crippen LogP contribution in [0, 0.1) is 0 Å². The Morgan fingerprint density at radius 1 is 1.40 bits per heavy atom. The molecule has 0 spiro atoms. The SMILES string of the molecule is C=C(C)C(=O)OCCC(=O)Oc1ccc(C=O)c(Cl)c1. The van der Waals surface area contributed by atoms with Crippen LogP contribution in [0.3, 0.4) is 0 Å². The van der Waals surface area contributed by atoms with E-state index in [9.17, 15) is 14.4 Å². The summed E-state index contributed by atoms with van der Waals surface area (Å²) in [6.07, 6.45) is 0.511. The highest BCUT2D eigenvalue weighted by Crippen LogP contribution is 2.21. The first-order valence-corrected chi connectivity index (χ1v) is 6.10. The van der Waals surface area contributed by atoms with Crippen LogP contribution in [0.1, 0.15) is 23.7 Å². The van der Waals surface area contributed by atoms with E-state index in [2.05, 4.69) is 6.58 Å². The van der Waals surface area contributed by atoms with Gasteiger partial charge in [0.1, 0.15) is 12.4 Å². The lowest BCUT2D eigenvalue weighted by molar-refractivity contribution is -0.142. The number of rotatable bonds is 6. The molecule has 106 valence electrons. The number of halogens is 1. The Hall–Kier alpha value is -2.14. The molecule has 0 heterocycles. The van der Waals surface area contributed by atoms with Gasteiger partial charge in [-0.05, 0) is 19.1 Å². The molecule has 1 aromatic carbocycles. The molecule has 1 rings (SSSR count). The van der Waals surface area contributed by atoms with Gasteiger partial charge in [0, 0.05) is 17.2 Å². The molecule has 0 aliphatic rings. The van der Waals surface area contributed by atoms with Gasteiger partial charge in [0.05, 0.1) is 11.4 Å². The third kappa shape index (κ3) is 4.85. The molecule has 0 saturated carbocycles. The van der Waals surface area contributed by atoms with E-state index in [1.807, 2.05) is 0 Å². The second-order valence-electron chi connectivity index (χ2n) is 3.94. The average Bonchev–Trinajstić information content (AvgIpc) is 2.38. The van der Waals surface area contributed by atoms with E-state index < -0.39 is 11.9 Å². The van der Waals surface area contributed by atoms with Crippen LogP contribution in [-0.4, -0.2) is 24.8 Å². The average molecular weight is 297 g/mol. The fourth-order valence-corrected chi connectivity index (χ4v) is 1.41. The highest BCUT2D eigenvalue weighted by atomic mass is 35.5. The van der Waals surface area contributed by atoms with Crippen molar-refractivity contribution < 1.29 is 23.9 Å². The Morgan fingerprint density at radius 3 is 2.65 bits per heavy atom. The van der Waals surface area contributed by atoms with Gasteiger partial charge < -0.3 is 9.47 Å². The fraction of sp³-hybridized carbons (Fsp3) is 0.214. The van der Waals surface area contributed by atoms with Crippen molar-refractivity contribution in [3.05, 3.63) is 40.9 Å². The van der Waals surface area contributed by atoms with E-state index >= 15 is 0 Å². The first-order valence-electron chi connectivity index (χ1n) is 5.72. The molecule has 5 nitrogen and oxygen atoms in total. The fourth-order valence-electron chi connectivity index (χ4n) is 1.20. The lowest BCUT2D eigenvalue weighted by atomic mass is 10.2. The molecular formula is C14H13ClO5. The number of benzene rings is 1. The largest absolute Gasteiger partial charge is 0.462 e. The topological polar surface area (TPSA) is 69.7 Å². The van der Waals surface area contributed by atoms with Crippen LogP contribution < -0.4 is 4.74 Å². The van der Waals surface area contributed by atoms with Gasteiger partial charge in [-0.1, -0.05) is 18.2 Å². The maximum absolute atomic E-state index is 11.5. The molecule has 1 aromatic rings. The maximum Gasteiger partial charge on any atom is 0.333 e. The van der Waals surface area contributed by atoms with Crippen LogP contribution in [0.4, 0.5) is 0 Å². The van der Waals surface area contributed by atoms with Crippen molar-refractivity contribution >= 4 is 29.8 Å². The Kier molecular flexibility index (Phi) is 5.93. The zero-order chi connectivity index (χ0) is 15.1. The summed E-state index contributed by atoms with van der Waals surface area (Å²) >= 11 is 5.79. The molecule has 0 aromatic heterocycles. The van der Waals surface area contributed by atoms with E-state index in [-0.39, 0.29) is 29.4 Å². The van der Waals surface area contributed by atoms with Crippen LogP contribution in [0.2, 0.25) is 5.02 Å². The molecular weight excluding hydrogens is 284 g/mol. The lowest BCUT2D eigenvalue weighted by Gasteiger charge is -2.06. The molecule has 0 N–H and O–H groups in total. The zero-order valence-corrected chi connectivity index (χ0v) is 11.6. The number of ether oxygens (including phenoxy) is 2. The molecule has 0 unspecified atom stereocenters. The third-order valence-corrected chi connectivity index (χ3v) is 2.55. The van der Waals surface area contributed by atoms with Gasteiger partial charge in [0.2, 0.25) is 0 Å². The van der Waals surface area contributed by atoms with Crippen molar-refractivity contribution in [1.82, 2.24) is 0 Å². The first-order chi connectivity index (χ1) is 9.43. The molecule has 6 heteroatoms. The molecule has 0 aliphatic heterocycles. The molecule has 0 fully saturated rings. The monoisotopic (exact) mass is 296 g/mol. The molecule has 0 amide bonds. The summed E-state index contributed by atoms with van der Waals surface area (Å²) < 4.78 is 9.74. The minimum atomic E-state index is -0.575. The van der Waals surface area contributed by atoms with E-state index in [0.29, 0.717) is 11.8 Å². The minimum absolute atomic E-state index is 0.0912. The summed E-state index contributed by atoms with van der Waals surface area (Å²) in [6.45, 7) is 4.83. The normalized spacial score (nSPS) is 9.70. The first kappa shape index (κ1) is 15.9. The quantitative estimate of drug-likeness (QED) is 0.349. The molecule has 0 aliphatic carbocycles. The van der Waals surface area contributed by atoms with Gasteiger partial charge in [-0.2, -0.15) is 0 Å². The van der Waals surface area contributed by atoms with Crippen molar-refractivity contribution in [2.24, 2.45) is 0 Å². The molecule has 0 radical (unpaired) electrons. The number of aldehydes is 1. The molecule has 20 heavy (non-hydrogen) atoms. The Labute approximate surface area is 121 Å². The second-order valence-corrected chi connectivity index (χ2v) is 4.35. The minimum Gasteiger partial charge on any atom is -0.462 e. The number of carbonyl (C=O) groups excluding carboxylic acids is 3. The number of hydrogen-bond acceptors (Lipinski definition) is 5. The van der Waals surface area contributed by atoms with Crippen molar-refractivity contribution in [3.63, 3.8) is 0 Å². The second kappa shape index (κ2) is 7.45. The Morgan fingerprint density at radius 2 is 2.10 bits per heavy atom. The highest BCUT2D eigenvalue weighted by Gasteiger charge is 2.09. The van der Waals surface area contributed by atoms with Crippen molar-refractivity contribution in [2.75, 3.05) is 6.61 Å². The lowest BCUT2D eigenvalue weighted by Crippen LogP contribution is -2.14. The van der Waals surface area contributed by atoms with Crippen LogP contribution in [-0.2, 0) is 14.3 Å². The van der Waals surface area contributed by atoms with Crippen LogP contribution in [0.5, 0.6) is 5.75 Å². The van der Waals surface area contributed by atoms with Gasteiger partial charge >= 0.3 is 11.9 Å². The van der Waals surface area contributed by atoms with Crippen LogP contribution in [0.15, 0.2) is 30.4 Å². The summed E-state index contributed by atoms with van der Waals surface area (Å²) in [7, 11) is 0.